The summed E-state index contributed by atoms with van der Waals surface area (Å²) in [5.74, 6) is -0.200. The molecule has 2 rings (SSSR count). The number of piperidine rings is 1. The van der Waals surface area contributed by atoms with Crippen molar-refractivity contribution in [1.29, 1.82) is 0 Å². The number of para-hydroxylation sites is 1. The van der Waals surface area contributed by atoms with E-state index in [1.54, 1.807) is 18.2 Å². The highest BCUT2D eigenvalue weighted by Gasteiger charge is 2.36. The Bertz CT molecular complexity index is 493. The Kier molecular flexibility index (Phi) is 5.36. The molecule has 0 aromatic heterocycles. The monoisotopic (exact) mass is 331 g/mol. The van der Waals surface area contributed by atoms with Gasteiger partial charge in [0.05, 0.1) is 15.5 Å². The first-order chi connectivity index (χ1) is 9.92. The van der Waals surface area contributed by atoms with Gasteiger partial charge in [-0.25, -0.2) is 0 Å². The molecule has 0 radical (unpaired) electrons. The van der Waals surface area contributed by atoms with Gasteiger partial charge in [0.2, 0.25) is 0 Å². The van der Waals surface area contributed by atoms with Crippen molar-refractivity contribution in [1.82, 2.24) is 4.90 Å². The third kappa shape index (κ3) is 4.02. The topological polar surface area (TPSA) is 49.8 Å². The summed E-state index contributed by atoms with van der Waals surface area (Å²) < 4.78 is 5.65. The van der Waals surface area contributed by atoms with E-state index < -0.39 is 11.4 Å². The number of rotatable bonds is 5. The quantitative estimate of drug-likeness (QED) is 0.896. The fraction of sp³-hybridized carbons (Fsp3) is 0.533. The van der Waals surface area contributed by atoms with Crippen molar-refractivity contribution in [3.8, 4) is 5.75 Å². The van der Waals surface area contributed by atoms with Crippen molar-refractivity contribution < 1.29 is 14.6 Å². The molecule has 1 aromatic rings. The van der Waals surface area contributed by atoms with Gasteiger partial charge in [-0.15, -0.1) is 0 Å². The molecule has 1 saturated heterocycles. The molecule has 4 nitrogen and oxygen atoms in total. The SMILES string of the molecule is CC1(C(=O)O)CCN(CCOc2c(Cl)cccc2Cl)CC1. The first-order valence-corrected chi connectivity index (χ1v) is 7.70. The lowest BCUT2D eigenvalue weighted by molar-refractivity contribution is -0.150. The van der Waals surface area contributed by atoms with E-state index in [0.29, 0.717) is 35.2 Å². The number of hydrogen-bond acceptors (Lipinski definition) is 3. The summed E-state index contributed by atoms with van der Waals surface area (Å²) in [5, 5.41) is 10.2. The molecule has 0 aliphatic carbocycles. The van der Waals surface area contributed by atoms with E-state index in [1.807, 2.05) is 6.92 Å². The van der Waals surface area contributed by atoms with E-state index in [0.717, 1.165) is 19.6 Å². The maximum absolute atomic E-state index is 11.2. The summed E-state index contributed by atoms with van der Waals surface area (Å²) >= 11 is 12.1. The van der Waals surface area contributed by atoms with Crippen LogP contribution in [0.4, 0.5) is 0 Å². The fourth-order valence-corrected chi connectivity index (χ4v) is 2.89. The van der Waals surface area contributed by atoms with Gasteiger partial charge in [-0.2, -0.15) is 0 Å². The molecule has 21 heavy (non-hydrogen) atoms. The van der Waals surface area contributed by atoms with Crippen LogP contribution in [-0.4, -0.2) is 42.2 Å². The highest BCUT2D eigenvalue weighted by atomic mass is 35.5. The Morgan fingerprint density at radius 1 is 1.33 bits per heavy atom. The molecule has 1 aromatic carbocycles. The van der Waals surface area contributed by atoms with Crippen molar-refractivity contribution in [3.05, 3.63) is 28.2 Å². The fourth-order valence-electron chi connectivity index (χ4n) is 2.38. The van der Waals surface area contributed by atoms with Gasteiger partial charge in [0.15, 0.2) is 5.75 Å². The molecular formula is C15H19Cl2NO3. The number of benzene rings is 1. The second-order valence-electron chi connectivity index (χ2n) is 5.61. The molecular weight excluding hydrogens is 313 g/mol. The molecule has 1 aliphatic rings. The molecule has 1 heterocycles. The van der Waals surface area contributed by atoms with E-state index >= 15 is 0 Å². The highest BCUT2D eigenvalue weighted by molar-refractivity contribution is 6.37. The molecule has 1 aliphatic heterocycles. The highest BCUT2D eigenvalue weighted by Crippen LogP contribution is 2.33. The number of halogens is 2. The number of likely N-dealkylation sites (tertiary alicyclic amines) is 1. The summed E-state index contributed by atoms with van der Waals surface area (Å²) in [5.41, 5.74) is -0.594. The van der Waals surface area contributed by atoms with Crippen molar-refractivity contribution in [2.75, 3.05) is 26.2 Å². The normalized spacial score (nSPS) is 18.4. The molecule has 0 unspecified atom stereocenters. The lowest BCUT2D eigenvalue weighted by Gasteiger charge is -2.36. The number of carboxylic acids is 1. The second kappa shape index (κ2) is 6.86. The zero-order chi connectivity index (χ0) is 15.5. The van der Waals surface area contributed by atoms with E-state index in [4.69, 9.17) is 27.9 Å². The van der Waals surface area contributed by atoms with Crippen LogP contribution in [0.5, 0.6) is 5.75 Å². The first kappa shape index (κ1) is 16.4. The second-order valence-corrected chi connectivity index (χ2v) is 6.42. The van der Waals surface area contributed by atoms with Gasteiger partial charge in [-0.3, -0.25) is 9.69 Å². The summed E-state index contributed by atoms with van der Waals surface area (Å²) in [7, 11) is 0. The van der Waals surface area contributed by atoms with Crippen LogP contribution >= 0.6 is 23.2 Å². The van der Waals surface area contributed by atoms with E-state index in [9.17, 15) is 9.90 Å². The summed E-state index contributed by atoms with van der Waals surface area (Å²) in [6.45, 7) is 4.56. The average Bonchev–Trinajstić information content (AvgIpc) is 2.44. The standard InChI is InChI=1S/C15H19Cl2NO3/c1-15(14(19)20)5-7-18(8-6-15)9-10-21-13-11(16)3-2-4-12(13)17/h2-4H,5-10H2,1H3,(H,19,20). The Morgan fingerprint density at radius 2 is 1.90 bits per heavy atom. The van der Waals surface area contributed by atoms with Gasteiger partial charge in [-0.1, -0.05) is 29.3 Å². The van der Waals surface area contributed by atoms with E-state index in [1.165, 1.54) is 0 Å². The largest absolute Gasteiger partial charge is 0.489 e. The third-order valence-electron chi connectivity index (χ3n) is 4.05. The molecule has 1 N–H and O–H groups in total. The Morgan fingerprint density at radius 3 is 2.43 bits per heavy atom. The van der Waals surface area contributed by atoms with Crippen LogP contribution in [0.2, 0.25) is 10.0 Å². The lowest BCUT2D eigenvalue weighted by Crippen LogP contribution is -2.43. The van der Waals surface area contributed by atoms with Crippen LogP contribution in [-0.2, 0) is 4.79 Å². The summed E-state index contributed by atoms with van der Waals surface area (Å²) in [6.07, 6.45) is 1.32. The average molecular weight is 332 g/mol. The molecule has 0 amide bonds. The Labute approximate surface area is 134 Å². The molecule has 0 bridgehead atoms. The van der Waals surface area contributed by atoms with Crippen LogP contribution in [0.25, 0.3) is 0 Å². The summed E-state index contributed by atoms with van der Waals surface area (Å²) in [6, 6.07) is 5.25. The zero-order valence-corrected chi connectivity index (χ0v) is 13.5. The van der Waals surface area contributed by atoms with Crippen LogP contribution in [0.3, 0.4) is 0 Å². The van der Waals surface area contributed by atoms with E-state index in [-0.39, 0.29) is 0 Å². The van der Waals surface area contributed by atoms with Crippen molar-refractivity contribution in [2.24, 2.45) is 5.41 Å². The maximum atomic E-state index is 11.2. The first-order valence-electron chi connectivity index (χ1n) is 6.95. The van der Waals surface area contributed by atoms with Gasteiger partial charge in [0.25, 0.3) is 0 Å². The van der Waals surface area contributed by atoms with Gasteiger partial charge in [0, 0.05) is 6.54 Å². The van der Waals surface area contributed by atoms with E-state index in [2.05, 4.69) is 4.90 Å². The van der Waals surface area contributed by atoms with Crippen molar-refractivity contribution >= 4 is 29.2 Å². The molecule has 0 saturated carbocycles. The predicted octanol–water partition coefficient (Wildman–Crippen LogP) is 3.56. The number of ether oxygens (including phenoxy) is 1. The lowest BCUT2D eigenvalue weighted by atomic mass is 9.80. The smallest absolute Gasteiger partial charge is 0.309 e. The number of carboxylic acid groups (broad SMARTS) is 1. The van der Waals surface area contributed by atoms with Gasteiger partial charge in [0.1, 0.15) is 6.61 Å². The minimum Gasteiger partial charge on any atom is -0.489 e. The summed E-state index contributed by atoms with van der Waals surface area (Å²) in [4.78, 5) is 13.4. The number of nitrogens with zero attached hydrogens (tertiary/aromatic N) is 1. The predicted molar refractivity (Wildman–Crippen MR) is 83.4 cm³/mol. The Hall–Kier alpha value is -0.970. The number of aliphatic carboxylic acids is 1. The number of hydrogen-bond donors (Lipinski definition) is 1. The minimum absolute atomic E-state index is 0.479. The van der Waals surface area contributed by atoms with Crippen LogP contribution in [0.1, 0.15) is 19.8 Å². The van der Waals surface area contributed by atoms with Crippen LogP contribution < -0.4 is 4.74 Å². The Balaban J connectivity index is 1.79. The van der Waals surface area contributed by atoms with Gasteiger partial charge < -0.3 is 9.84 Å². The van der Waals surface area contributed by atoms with Crippen molar-refractivity contribution in [2.45, 2.75) is 19.8 Å². The molecule has 116 valence electrons. The van der Waals surface area contributed by atoms with Gasteiger partial charge in [-0.05, 0) is 45.0 Å². The third-order valence-corrected chi connectivity index (χ3v) is 4.64. The van der Waals surface area contributed by atoms with Crippen LogP contribution in [0.15, 0.2) is 18.2 Å². The minimum atomic E-state index is -0.707. The molecule has 1 fully saturated rings. The van der Waals surface area contributed by atoms with Crippen molar-refractivity contribution in [3.63, 3.8) is 0 Å². The number of carbonyl (C=O) groups is 1. The molecule has 6 heteroatoms. The molecule has 0 spiro atoms. The molecule has 0 atom stereocenters. The van der Waals surface area contributed by atoms with Crippen LogP contribution in [0, 0.1) is 5.41 Å². The maximum Gasteiger partial charge on any atom is 0.309 e. The zero-order valence-electron chi connectivity index (χ0n) is 11.9. The van der Waals surface area contributed by atoms with Gasteiger partial charge >= 0.3 is 5.97 Å².